The summed E-state index contributed by atoms with van der Waals surface area (Å²) in [6, 6.07) is 12.3. The highest BCUT2D eigenvalue weighted by atomic mass is 32.2. The molecule has 0 bridgehead atoms. The molecule has 0 aliphatic rings. The molecule has 26 heavy (non-hydrogen) atoms. The Balaban J connectivity index is 1.74. The number of aliphatic hydroxyl groups is 1. The first-order valence-corrected chi connectivity index (χ1v) is 10.6. The van der Waals surface area contributed by atoms with Crippen molar-refractivity contribution in [3.8, 4) is 0 Å². The Hall–Kier alpha value is -2.11. The van der Waals surface area contributed by atoms with Crippen LogP contribution in [-0.4, -0.2) is 18.4 Å². The summed E-state index contributed by atoms with van der Waals surface area (Å²) in [5.41, 5.74) is -0.472. The van der Waals surface area contributed by atoms with E-state index in [9.17, 15) is 23.6 Å². The molecule has 2 N–H and O–H groups in total. The van der Waals surface area contributed by atoms with Gasteiger partial charge < -0.3 is 5.11 Å². The predicted octanol–water partition coefficient (Wildman–Crippen LogP) is 3.28. The van der Waals surface area contributed by atoms with Gasteiger partial charge in [0, 0.05) is 27.2 Å². The molecule has 0 fully saturated rings. The van der Waals surface area contributed by atoms with Gasteiger partial charge in [0.25, 0.3) is 5.69 Å². The highest BCUT2D eigenvalue weighted by Crippen LogP contribution is 2.31. The molecule has 2 heterocycles. The van der Waals surface area contributed by atoms with E-state index in [1.165, 1.54) is 40.9 Å². The third-order valence-electron chi connectivity index (χ3n) is 3.55. The molecule has 10 heteroatoms. The Morgan fingerprint density at radius 3 is 2.58 bits per heavy atom. The number of aliphatic hydroxyl groups excluding tert-OH is 1. The molecule has 0 saturated heterocycles. The van der Waals surface area contributed by atoms with Crippen molar-refractivity contribution < 1.29 is 18.4 Å². The first kappa shape index (κ1) is 18.7. The van der Waals surface area contributed by atoms with Crippen LogP contribution < -0.4 is 4.72 Å². The number of rotatable bonds is 7. The normalized spacial score (nSPS) is 12.8. The summed E-state index contributed by atoms with van der Waals surface area (Å²) in [7, 11) is -4.03. The number of para-hydroxylation sites is 1. The molecule has 136 valence electrons. The average molecular weight is 410 g/mol. The standard InChI is InChI=1S/C16H14N2O5S3/c19-16(13-5-3-9-24-13)14-8-7-11(25-14)10-17-26(22,23)15-6-2-1-4-12(15)18(20)21/h1-9,16-17,19H,10H2. The Kier molecular flexibility index (Phi) is 5.49. The third-order valence-corrected chi connectivity index (χ3v) is 7.06. The van der Waals surface area contributed by atoms with Crippen molar-refractivity contribution in [1.29, 1.82) is 0 Å². The fraction of sp³-hybridized carbons (Fsp3) is 0.125. The maximum Gasteiger partial charge on any atom is 0.289 e. The molecule has 2 aromatic heterocycles. The molecule has 1 unspecified atom stereocenters. The van der Waals surface area contributed by atoms with Crippen LogP contribution in [0.15, 0.2) is 58.8 Å². The second kappa shape index (κ2) is 7.64. The number of benzene rings is 1. The number of hydrogen-bond donors (Lipinski definition) is 2. The van der Waals surface area contributed by atoms with Crippen molar-refractivity contribution in [1.82, 2.24) is 4.72 Å². The summed E-state index contributed by atoms with van der Waals surface area (Å²) in [4.78, 5) is 12.1. The van der Waals surface area contributed by atoms with Gasteiger partial charge >= 0.3 is 0 Å². The Bertz CT molecular complexity index is 1010. The number of nitro groups is 1. The van der Waals surface area contributed by atoms with Crippen molar-refractivity contribution >= 4 is 38.4 Å². The zero-order valence-corrected chi connectivity index (χ0v) is 15.7. The van der Waals surface area contributed by atoms with Crippen molar-refractivity contribution in [2.24, 2.45) is 0 Å². The van der Waals surface area contributed by atoms with Crippen LogP contribution in [0.1, 0.15) is 20.7 Å². The predicted molar refractivity (Wildman–Crippen MR) is 99.8 cm³/mol. The minimum Gasteiger partial charge on any atom is -0.382 e. The van der Waals surface area contributed by atoms with Crippen LogP contribution in [-0.2, 0) is 16.6 Å². The van der Waals surface area contributed by atoms with E-state index in [1.807, 2.05) is 17.5 Å². The van der Waals surface area contributed by atoms with Gasteiger partial charge in [-0.3, -0.25) is 10.1 Å². The van der Waals surface area contributed by atoms with Crippen molar-refractivity contribution in [3.63, 3.8) is 0 Å². The van der Waals surface area contributed by atoms with E-state index in [0.29, 0.717) is 9.75 Å². The van der Waals surface area contributed by atoms with Crippen molar-refractivity contribution in [3.05, 3.63) is 78.7 Å². The lowest BCUT2D eigenvalue weighted by molar-refractivity contribution is -0.387. The van der Waals surface area contributed by atoms with Crippen LogP contribution in [0, 0.1) is 10.1 Å². The minimum absolute atomic E-state index is 0.0176. The summed E-state index contributed by atoms with van der Waals surface area (Å²) < 4.78 is 27.2. The second-order valence-corrected chi connectivity index (χ2v) is 9.19. The zero-order valence-electron chi connectivity index (χ0n) is 13.2. The van der Waals surface area contributed by atoms with Crippen LogP contribution in [0.4, 0.5) is 5.69 Å². The molecular weight excluding hydrogens is 396 g/mol. The molecule has 3 aromatic rings. The van der Waals surface area contributed by atoms with Gasteiger partial charge in [-0.1, -0.05) is 18.2 Å². The maximum atomic E-state index is 12.4. The first-order chi connectivity index (χ1) is 12.4. The summed E-state index contributed by atoms with van der Waals surface area (Å²) >= 11 is 2.72. The quantitative estimate of drug-likeness (QED) is 0.459. The van der Waals surface area contributed by atoms with E-state index < -0.39 is 26.7 Å². The Morgan fingerprint density at radius 1 is 1.12 bits per heavy atom. The number of nitro benzene ring substituents is 1. The molecule has 0 spiro atoms. The smallest absolute Gasteiger partial charge is 0.289 e. The summed E-state index contributed by atoms with van der Waals surface area (Å²) in [5.74, 6) is 0. The topological polar surface area (TPSA) is 110 Å². The second-order valence-electron chi connectivity index (χ2n) is 5.27. The number of nitrogens with one attached hydrogen (secondary N) is 1. The van der Waals surface area contributed by atoms with Gasteiger partial charge in [0.2, 0.25) is 10.0 Å². The Labute approximate surface area is 157 Å². The van der Waals surface area contributed by atoms with E-state index in [-0.39, 0.29) is 11.4 Å². The van der Waals surface area contributed by atoms with Crippen LogP contribution in [0.25, 0.3) is 0 Å². The molecule has 0 radical (unpaired) electrons. The van der Waals surface area contributed by atoms with Crippen molar-refractivity contribution in [2.75, 3.05) is 0 Å². The number of nitrogens with zero attached hydrogens (tertiary/aromatic N) is 1. The molecule has 0 aliphatic carbocycles. The number of thiophene rings is 2. The largest absolute Gasteiger partial charge is 0.382 e. The lowest BCUT2D eigenvalue weighted by atomic mass is 10.2. The van der Waals surface area contributed by atoms with E-state index in [4.69, 9.17) is 0 Å². The van der Waals surface area contributed by atoms with Gasteiger partial charge in [-0.25, -0.2) is 13.1 Å². The lowest BCUT2D eigenvalue weighted by Crippen LogP contribution is -2.23. The van der Waals surface area contributed by atoms with Gasteiger partial charge in [0.15, 0.2) is 4.90 Å². The van der Waals surface area contributed by atoms with Gasteiger partial charge in [0.1, 0.15) is 6.10 Å². The summed E-state index contributed by atoms with van der Waals surface area (Å²) in [5, 5.41) is 23.2. The fourth-order valence-corrected chi connectivity index (χ4v) is 5.33. The molecule has 3 rings (SSSR count). The minimum atomic E-state index is -4.03. The van der Waals surface area contributed by atoms with Crippen LogP contribution in [0.5, 0.6) is 0 Å². The van der Waals surface area contributed by atoms with Crippen LogP contribution in [0.2, 0.25) is 0 Å². The molecule has 1 aromatic carbocycles. The van der Waals surface area contributed by atoms with Crippen LogP contribution >= 0.6 is 22.7 Å². The fourth-order valence-electron chi connectivity index (χ4n) is 2.30. The summed E-state index contributed by atoms with van der Waals surface area (Å²) in [6.45, 7) is -0.0176. The van der Waals surface area contributed by atoms with E-state index in [1.54, 1.807) is 12.1 Å². The lowest BCUT2D eigenvalue weighted by Gasteiger charge is -2.07. The third kappa shape index (κ3) is 4.00. The highest BCUT2D eigenvalue weighted by molar-refractivity contribution is 7.89. The molecule has 0 aliphatic heterocycles. The van der Waals surface area contributed by atoms with Gasteiger partial charge in [-0.15, -0.1) is 22.7 Å². The highest BCUT2D eigenvalue weighted by Gasteiger charge is 2.25. The SMILES string of the molecule is O=[N+]([O-])c1ccccc1S(=O)(=O)NCc1ccc(C(O)c2cccs2)s1. The van der Waals surface area contributed by atoms with Gasteiger partial charge in [-0.2, -0.15) is 0 Å². The molecule has 1 atom stereocenters. The van der Waals surface area contributed by atoms with Gasteiger partial charge in [0.05, 0.1) is 4.92 Å². The molecule has 7 nitrogen and oxygen atoms in total. The first-order valence-electron chi connectivity index (χ1n) is 7.41. The zero-order chi connectivity index (χ0) is 18.7. The summed E-state index contributed by atoms with van der Waals surface area (Å²) in [6.07, 6.45) is -0.749. The van der Waals surface area contributed by atoms with Crippen LogP contribution in [0.3, 0.4) is 0 Å². The van der Waals surface area contributed by atoms with E-state index in [0.717, 1.165) is 10.9 Å². The van der Waals surface area contributed by atoms with E-state index in [2.05, 4.69) is 4.72 Å². The Morgan fingerprint density at radius 2 is 1.88 bits per heavy atom. The van der Waals surface area contributed by atoms with E-state index >= 15 is 0 Å². The average Bonchev–Trinajstić information content (AvgIpc) is 3.31. The monoisotopic (exact) mass is 410 g/mol. The number of sulfonamides is 1. The van der Waals surface area contributed by atoms with Crippen molar-refractivity contribution in [2.45, 2.75) is 17.5 Å². The number of hydrogen-bond acceptors (Lipinski definition) is 7. The maximum absolute atomic E-state index is 12.4. The molecule has 0 saturated carbocycles. The molecule has 0 amide bonds. The van der Waals surface area contributed by atoms with Gasteiger partial charge in [-0.05, 0) is 29.6 Å². The molecular formula is C16H14N2O5S3.